The third-order valence-corrected chi connectivity index (χ3v) is 4.71. The van der Waals surface area contributed by atoms with Crippen molar-refractivity contribution in [2.24, 2.45) is 11.8 Å². The lowest BCUT2D eigenvalue weighted by Gasteiger charge is -2.14. The van der Waals surface area contributed by atoms with E-state index in [4.69, 9.17) is 0 Å². The van der Waals surface area contributed by atoms with E-state index in [1.807, 2.05) is 68.4 Å². The number of aryl methyl sites for hydroxylation is 1. The molecule has 3 atom stereocenters. The molecule has 0 heterocycles. The Morgan fingerprint density at radius 3 is 2.32 bits per heavy atom. The zero-order valence-electron chi connectivity index (χ0n) is 14.7. The van der Waals surface area contributed by atoms with Crippen LogP contribution in [0.4, 0.5) is 0 Å². The first-order valence-corrected chi connectivity index (χ1v) is 8.73. The zero-order chi connectivity index (χ0) is 17.8. The van der Waals surface area contributed by atoms with Gasteiger partial charge in [0.2, 0.25) is 11.8 Å². The minimum Gasteiger partial charge on any atom is -0.352 e. The SMILES string of the molecule is Cc1ccc(CNC(=O)C2CC2C(=O)NC(C)c2ccccc2)cc1. The highest BCUT2D eigenvalue weighted by Gasteiger charge is 2.48. The summed E-state index contributed by atoms with van der Waals surface area (Å²) in [5.41, 5.74) is 3.33. The Kier molecular flexibility index (Phi) is 5.17. The first-order chi connectivity index (χ1) is 12.0. The molecule has 0 radical (unpaired) electrons. The number of carbonyl (C=O) groups is 2. The maximum absolute atomic E-state index is 12.3. The molecule has 0 aliphatic heterocycles. The molecule has 130 valence electrons. The van der Waals surface area contributed by atoms with Gasteiger partial charge >= 0.3 is 0 Å². The van der Waals surface area contributed by atoms with Crippen LogP contribution in [0.2, 0.25) is 0 Å². The Bertz CT molecular complexity index is 740. The van der Waals surface area contributed by atoms with Gasteiger partial charge in [0.15, 0.2) is 0 Å². The van der Waals surface area contributed by atoms with Crippen molar-refractivity contribution in [3.63, 3.8) is 0 Å². The Hall–Kier alpha value is -2.62. The van der Waals surface area contributed by atoms with E-state index in [9.17, 15) is 9.59 Å². The van der Waals surface area contributed by atoms with Gasteiger partial charge in [0.05, 0.1) is 17.9 Å². The lowest BCUT2D eigenvalue weighted by molar-refractivity contribution is -0.127. The van der Waals surface area contributed by atoms with Crippen molar-refractivity contribution in [1.29, 1.82) is 0 Å². The Balaban J connectivity index is 1.45. The molecule has 1 aliphatic carbocycles. The molecule has 2 aromatic carbocycles. The summed E-state index contributed by atoms with van der Waals surface area (Å²) in [6.45, 7) is 4.50. The van der Waals surface area contributed by atoms with E-state index in [1.54, 1.807) is 0 Å². The normalized spacial score (nSPS) is 19.8. The quantitative estimate of drug-likeness (QED) is 0.851. The molecule has 0 bridgehead atoms. The fraction of sp³-hybridized carbons (Fsp3) is 0.333. The molecule has 2 amide bonds. The van der Waals surface area contributed by atoms with Crippen LogP contribution in [0.5, 0.6) is 0 Å². The summed E-state index contributed by atoms with van der Waals surface area (Å²) < 4.78 is 0. The van der Waals surface area contributed by atoms with Crippen LogP contribution < -0.4 is 10.6 Å². The van der Waals surface area contributed by atoms with Crippen molar-refractivity contribution >= 4 is 11.8 Å². The Morgan fingerprint density at radius 2 is 1.64 bits per heavy atom. The average Bonchev–Trinajstić information content (AvgIpc) is 3.43. The predicted molar refractivity (Wildman–Crippen MR) is 97.6 cm³/mol. The van der Waals surface area contributed by atoms with Gasteiger partial charge in [-0.15, -0.1) is 0 Å². The highest BCUT2D eigenvalue weighted by atomic mass is 16.2. The lowest BCUT2D eigenvalue weighted by atomic mass is 10.1. The van der Waals surface area contributed by atoms with E-state index >= 15 is 0 Å². The maximum atomic E-state index is 12.3. The molecule has 2 aromatic rings. The van der Waals surface area contributed by atoms with Crippen LogP contribution in [-0.2, 0) is 16.1 Å². The lowest BCUT2D eigenvalue weighted by Crippen LogP contribution is -2.31. The number of hydrogen-bond acceptors (Lipinski definition) is 2. The first-order valence-electron chi connectivity index (χ1n) is 8.73. The molecular weight excluding hydrogens is 312 g/mol. The molecule has 1 fully saturated rings. The summed E-state index contributed by atoms with van der Waals surface area (Å²) in [6, 6.07) is 17.9. The van der Waals surface area contributed by atoms with Crippen LogP contribution in [0.15, 0.2) is 54.6 Å². The van der Waals surface area contributed by atoms with Crippen molar-refractivity contribution in [2.45, 2.75) is 32.9 Å². The monoisotopic (exact) mass is 336 g/mol. The molecule has 0 spiro atoms. The van der Waals surface area contributed by atoms with Gasteiger partial charge in [0, 0.05) is 6.54 Å². The molecule has 25 heavy (non-hydrogen) atoms. The van der Waals surface area contributed by atoms with E-state index in [2.05, 4.69) is 10.6 Å². The number of benzene rings is 2. The van der Waals surface area contributed by atoms with Gasteiger partial charge in [-0.25, -0.2) is 0 Å². The predicted octanol–water partition coefficient (Wildman–Crippen LogP) is 3.12. The fourth-order valence-corrected chi connectivity index (χ4v) is 2.95. The van der Waals surface area contributed by atoms with Crippen molar-refractivity contribution in [3.8, 4) is 0 Å². The van der Waals surface area contributed by atoms with Crippen LogP contribution in [0.3, 0.4) is 0 Å². The fourth-order valence-electron chi connectivity index (χ4n) is 2.95. The summed E-state index contributed by atoms with van der Waals surface area (Å²) in [6.07, 6.45) is 0.632. The zero-order valence-corrected chi connectivity index (χ0v) is 14.7. The molecule has 0 aromatic heterocycles. The van der Waals surface area contributed by atoms with Crippen LogP contribution in [-0.4, -0.2) is 11.8 Å². The summed E-state index contributed by atoms with van der Waals surface area (Å²) in [5.74, 6) is -0.475. The van der Waals surface area contributed by atoms with Crippen molar-refractivity contribution in [3.05, 3.63) is 71.3 Å². The average molecular weight is 336 g/mol. The second-order valence-electron chi connectivity index (χ2n) is 6.79. The summed E-state index contributed by atoms with van der Waals surface area (Å²) in [5, 5.41) is 5.94. The van der Waals surface area contributed by atoms with Crippen molar-refractivity contribution in [2.75, 3.05) is 0 Å². The van der Waals surface area contributed by atoms with E-state index < -0.39 is 0 Å². The van der Waals surface area contributed by atoms with E-state index in [-0.39, 0.29) is 29.7 Å². The number of nitrogens with one attached hydrogen (secondary N) is 2. The van der Waals surface area contributed by atoms with Gasteiger partial charge < -0.3 is 10.6 Å². The number of rotatable bonds is 6. The Morgan fingerprint density at radius 1 is 1.00 bits per heavy atom. The maximum Gasteiger partial charge on any atom is 0.224 e. The Labute approximate surface area is 148 Å². The molecule has 1 saturated carbocycles. The van der Waals surface area contributed by atoms with Crippen LogP contribution in [0.25, 0.3) is 0 Å². The van der Waals surface area contributed by atoms with Gasteiger partial charge in [-0.05, 0) is 31.4 Å². The van der Waals surface area contributed by atoms with Gasteiger partial charge in [-0.2, -0.15) is 0 Å². The molecule has 4 nitrogen and oxygen atoms in total. The number of hydrogen-bond donors (Lipinski definition) is 2. The summed E-state index contributed by atoms with van der Waals surface area (Å²) >= 11 is 0. The minimum atomic E-state index is -0.204. The smallest absolute Gasteiger partial charge is 0.224 e. The van der Waals surface area contributed by atoms with Crippen LogP contribution >= 0.6 is 0 Å². The molecular formula is C21H24N2O2. The van der Waals surface area contributed by atoms with Gasteiger partial charge in [0.1, 0.15) is 0 Å². The molecule has 0 saturated heterocycles. The van der Waals surface area contributed by atoms with Crippen LogP contribution in [0.1, 0.15) is 36.1 Å². The first kappa shape index (κ1) is 17.2. The van der Waals surface area contributed by atoms with E-state index in [1.165, 1.54) is 5.56 Å². The molecule has 3 unspecified atom stereocenters. The highest BCUT2D eigenvalue weighted by Crippen LogP contribution is 2.39. The standard InChI is InChI=1S/C21H24N2O2/c1-14-8-10-16(11-9-14)13-22-20(24)18-12-19(18)21(25)23-15(2)17-6-4-3-5-7-17/h3-11,15,18-19H,12-13H2,1-2H3,(H,22,24)(H,23,25). The highest BCUT2D eigenvalue weighted by molar-refractivity contribution is 5.92. The third kappa shape index (κ3) is 4.47. The second-order valence-corrected chi connectivity index (χ2v) is 6.79. The molecule has 2 N–H and O–H groups in total. The van der Waals surface area contributed by atoms with Gasteiger partial charge in [-0.1, -0.05) is 60.2 Å². The second kappa shape index (κ2) is 7.51. The number of carbonyl (C=O) groups excluding carboxylic acids is 2. The van der Waals surface area contributed by atoms with Crippen LogP contribution in [0, 0.1) is 18.8 Å². The molecule has 3 rings (SSSR count). The topological polar surface area (TPSA) is 58.2 Å². The largest absolute Gasteiger partial charge is 0.352 e. The minimum absolute atomic E-state index is 0.0342. The van der Waals surface area contributed by atoms with Crippen molar-refractivity contribution in [1.82, 2.24) is 10.6 Å². The van der Waals surface area contributed by atoms with E-state index in [0.29, 0.717) is 13.0 Å². The van der Waals surface area contributed by atoms with Gasteiger partial charge in [0.25, 0.3) is 0 Å². The molecule has 4 heteroatoms. The summed E-state index contributed by atoms with van der Waals surface area (Å²) in [7, 11) is 0. The third-order valence-electron chi connectivity index (χ3n) is 4.71. The molecule has 1 aliphatic rings. The number of amides is 2. The van der Waals surface area contributed by atoms with Crippen molar-refractivity contribution < 1.29 is 9.59 Å². The summed E-state index contributed by atoms with van der Waals surface area (Å²) in [4.78, 5) is 24.5. The van der Waals surface area contributed by atoms with Gasteiger partial charge in [-0.3, -0.25) is 9.59 Å². The van der Waals surface area contributed by atoms with E-state index in [0.717, 1.165) is 11.1 Å².